The zero-order chi connectivity index (χ0) is 5.82. The van der Waals surface area contributed by atoms with Gasteiger partial charge in [-0.25, -0.2) is 0 Å². The van der Waals surface area contributed by atoms with Crippen molar-refractivity contribution in [3.8, 4) is 0 Å². The lowest BCUT2D eigenvalue weighted by atomic mass is 10.3. The highest BCUT2D eigenvalue weighted by Crippen LogP contribution is 2.31. The van der Waals surface area contributed by atoms with Crippen LogP contribution >= 0.6 is 11.6 Å². The van der Waals surface area contributed by atoms with Gasteiger partial charge in [0.25, 0.3) is 0 Å². The van der Waals surface area contributed by atoms with Gasteiger partial charge in [0.15, 0.2) is 0 Å². The standard InChI is InChI=1S/C6H11ClO/c7-5-8-4-3-6-1-2-6/h6H,1-5H2. The van der Waals surface area contributed by atoms with Gasteiger partial charge in [0, 0.05) is 6.61 Å². The van der Waals surface area contributed by atoms with Gasteiger partial charge in [-0.15, -0.1) is 0 Å². The Balaban J connectivity index is 1.74. The highest BCUT2D eigenvalue weighted by atomic mass is 35.5. The van der Waals surface area contributed by atoms with Crippen molar-refractivity contribution in [3.05, 3.63) is 0 Å². The molecule has 8 heavy (non-hydrogen) atoms. The molecule has 1 nitrogen and oxygen atoms in total. The molecule has 0 radical (unpaired) electrons. The van der Waals surface area contributed by atoms with Gasteiger partial charge in [0.2, 0.25) is 0 Å². The monoisotopic (exact) mass is 134 g/mol. The van der Waals surface area contributed by atoms with Crippen molar-refractivity contribution in [2.45, 2.75) is 19.3 Å². The summed E-state index contributed by atoms with van der Waals surface area (Å²) >= 11 is 5.28. The summed E-state index contributed by atoms with van der Waals surface area (Å²) in [5.41, 5.74) is 0. The summed E-state index contributed by atoms with van der Waals surface area (Å²) in [7, 11) is 0. The molecule has 1 saturated carbocycles. The summed E-state index contributed by atoms with van der Waals surface area (Å²) < 4.78 is 4.95. The molecular formula is C6H11ClO. The van der Waals surface area contributed by atoms with Gasteiger partial charge < -0.3 is 4.74 Å². The molecule has 0 unspecified atom stereocenters. The maximum atomic E-state index is 5.28. The smallest absolute Gasteiger partial charge is 0.120 e. The molecule has 0 aromatic carbocycles. The third kappa shape index (κ3) is 2.53. The van der Waals surface area contributed by atoms with E-state index in [4.69, 9.17) is 16.3 Å². The molecule has 2 heteroatoms. The van der Waals surface area contributed by atoms with Gasteiger partial charge >= 0.3 is 0 Å². The Kier molecular flexibility index (Phi) is 2.64. The number of rotatable bonds is 4. The first kappa shape index (κ1) is 6.37. The van der Waals surface area contributed by atoms with Crippen LogP contribution in [0.2, 0.25) is 0 Å². The van der Waals surface area contributed by atoms with E-state index in [0.717, 1.165) is 12.5 Å². The van der Waals surface area contributed by atoms with Crippen molar-refractivity contribution in [1.82, 2.24) is 0 Å². The van der Waals surface area contributed by atoms with Crippen LogP contribution in [-0.4, -0.2) is 12.7 Å². The molecule has 0 heterocycles. The largest absolute Gasteiger partial charge is 0.366 e. The van der Waals surface area contributed by atoms with Gasteiger partial charge in [-0.2, -0.15) is 0 Å². The van der Waals surface area contributed by atoms with Gasteiger partial charge in [-0.3, -0.25) is 0 Å². The molecular weight excluding hydrogens is 124 g/mol. The van der Waals surface area contributed by atoms with E-state index in [2.05, 4.69) is 0 Å². The molecule has 0 aromatic rings. The van der Waals surface area contributed by atoms with Crippen molar-refractivity contribution in [1.29, 1.82) is 0 Å². The Bertz CT molecular complexity index is 61.5. The highest BCUT2D eigenvalue weighted by molar-refractivity contribution is 6.17. The Morgan fingerprint density at radius 1 is 1.50 bits per heavy atom. The molecule has 1 aliphatic rings. The summed E-state index contributed by atoms with van der Waals surface area (Å²) in [5.74, 6) is 0.971. The van der Waals surface area contributed by atoms with Crippen LogP contribution in [0.3, 0.4) is 0 Å². The minimum absolute atomic E-state index is 0.354. The average Bonchev–Trinajstić information content (AvgIpc) is 2.51. The quantitative estimate of drug-likeness (QED) is 0.422. The lowest BCUT2D eigenvalue weighted by molar-refractivity contribution is 0.171. The summed E-state index contributed by atoms with van der Waals surface area (Å²) in [6.45, 7) is 0.855. The van der Waals surface area contributed by atoms with Crippen molar-refractivity contribution >= 4 is 11.6 Å². The minimum Gasteiger partial charge on any atom is -0.366 e. The number of hydrogen-bond acceptors (Lipinski definition) is 1. The van der Waals surface area contributed by atoms with Gasteiger partial charge in [-0.1, -0.05) is 24.4 Å². The molecule has 1 fully saturated rings. The zero-order valence-corrected chi connectivity index (χ0v) is 5.66. The normalized spacial score (nSPS) is 19.1. The van der Waals surface area contributed by atoms with Crippen molar-refractivity contribution in [3.63, 3.8) is 0 Å². The summed E-state index contributed by atoms with van der Waals surface area (Å²) in [5, 5.41) is 0. The fourth-order valence-corrected chi connectivity index (χ4v) is 0.820. The van der Waals surface area contributed by atoms with Crippen LogP contribution in [0.25, 0.3) is 0 Å². The number of halogens is 1. The topological polar surface area (TPSA) is 9.23 Å². The van der Waals surface area contributed by atoms with Crippen LogP contribution in [-0.2, 0) is 4.74 Å². The summed E-state index contributed by atoms with van der Waals surface area (Å²) in [4.78, 5) is 0. The van der Waals surface area contributed by atoms with Crippen LogP contribution < -0.4 is 0 Å². The molecule has 0 bridgehead atoms. The highest BCUT2D eigenvalue weighted by Gasteiger charge is 2.19. The Labute approximate surface area is 55.0 Å². The maximum absolute atomic E-state index is 5.28. The molecule has 1 rings (SSSR count). The molecule has 0 aliphatic heterocycles. The number of hydrogen-bond donors (Lipinski definition) is 0. The van der Waals surface area contributed by atoms with Crippen molar-refractivity contribution in [2.75, 3.05) is 12.7 Å². The molecule has 48 valence electrons. The minimum atomic E-state index is 0.354. The number of ether oxygens (including phenoxy) is 1. The summed E-state index contributed by atoms with van der Waals surface area (Å²) in [6.07, 6.45) is 4.03. The molecule has 1 aliphatic carbocycles. The lowest BCUT2D eigenvalue weighted by Crippen LogP contribution is -1.91. The summed E-state index contributed by atoms with van der Waals surface area (Å²) in [6, 6.07) is 0.354. The molecule has 0 atom stereocenters. The second-order valence-electron chi connectivity index (χ2n) is 2.25. The average molecular weight is 135 g/mol. The SMILES string of the molecule is ClCOCCC1CC1. The Hall–Kier alpha value is 0.250. The fourth-order valence-electron chi connectivity index (χ4n) is 0.711. The van der Waals surface area contributed by atoms with Crippen molar-refractivity contribution in [2.24, 2.45) is 5.92 Å². The first-order chi connectivity index (χ1) is 3.93. The van der Waals surface area contributed by atoms with Gasteiger partial charge in [0.05, 0.1) is 0 Å². The predicted molar refractivity (Wildman–Crippen MR) is 34.0 cm³/mol. The molecule has 0 aromatic heterocycles. The molecule has 0 spiro atoms. The third-order valence-electron chi connectivity index (χ3n) is 1.44. The molecule has 0 saturated heterocycles. The Morgan fingerprint density at radius 3 is 2.75 bits per heavy atom. The van der Waals surface area contributed by atoms with Crippen LogP contribution in [0.4, 0.5) is 0 Å². The lowest BCUT2D eigenvalue weighted by Gasteiger charge is -1.94. The van der Waals surface area contributed by atoms with E-state index < -0.39 is 0 Å². The second kappa shape index (κ2) is 3.31. The van der Waals surface area contributed by atoms with Crippen molar-refractivity contribution < 1.29 is 4.74 Å². The van der Waals surface area contributed by atoms with Crippen LogP contribution in [0.15, 0.2) is 0 Å². The first-order valence-electron chi connectivity index (χ1n) is 3.07. The third-order valence-corrected chi connectivity index (χ3v) is 1.60. The zero-order valence-electron chi connectivity index (χ0n) is 4.90. The van der Waals surface area contributed by atoms with Gasteiger partial charge in [0.1, 0.15) is 6.07 Å². The molecule has 0 amide bonds. The van der Waals surface area contributed by atoms with Crippen LogP contribution in [0.1, 0.15) is 19.3 Å². The fraction of sp³-hybridized carbons (Fsp3) is 1.00. The second-order valence-corrected chi connectivity index (χ2v) is 2.47. The van der Waals surface area contributed by atoms with E-state index in [-0.39, 0.29) is 0 Å². The van der Waals surface area contributed by atoms with Crippen LogP contribution in [0, 0.1) is 5.92 Å². The van der Waals surface area contributed by atoms with E-state index in [1.807, 2.05) is 0 Å². The van der Waals surface area contributed by atoms with E-state index in [1.54, 1.807) is 0 Å². The van der Waals surface area contributed by atoms with Crippen LogP contribution in [0.5, 0.6) is 0 Å². The molecule has 0 N–H and O–H groups in total. The Morgan fingerprint density at radius 2 is 2.25 bits per heavy atom. The first-order valence-corrected chi connectivity index (χ1v) is 3.60. The van der Waals surface area contributed by atoms with E-state index in [1.165, 1.54) is 19.3 Å². The van der Waals surface area contributed by atoms with E-state index >= 15 is 0 Å². The maximum Gasteiger partial charge on any atom is 0.120 e. The number of alkyl halides is 1. The van der Waals surface area contributed by atoms with E-state index in [9.17, 15) is 0 Å². The predicted octanol–water partition coefficient (Wildman–Crippen LogP) is 2.00. The van der Waals surface area contributed by atoms with Gasteiger partial charge in [-0.05, 0) is 12.3 Å². The van der Waals surface area contributed by atoms with E-state index in [0.29, 0.717) is 6.07 Å².